The number of anilines is 1. The number of benzene rings is 1. The zero-order chi connectivity index (χ0) is 13.2. The third kappa shape index (κ3) is 3.63. The molecule has 1 aliphatic carbocycles. The van der Waals surface area contributed by atoms with Gasteiger partial charge in [0.15, 0.2) is 0 Å². The molecule has 4 N–H and O–H groups in total. The second-order valence-electron chi connectivity index (χ2n) is 4.31. The van der Waals surface area contributed by atoms with Gasteiger partial charge in [-0.2, -0.15) is 0 Å². The minimum Gasteiger partial charge on any atom is -0.398 e. The first-order chi connectivity index (χ1) is 8.46. The summed E-state index contributed by atoms with van der Waals surface area (Å²) in [5, 5.41) is 2.55. The standard InChI is InChI=1S/C11H15N3O3S/c12-10-4-2-1-3-8(10)7-18(16,17)14-11(15)13-9-5-6-9/h1-4,9H,5-7,12H2,(H2,13,14,15). The second-order valence-corrected chi connectivity index (χ2v) is 6.03. The summed E-state index contributed by atoms with van der Waals surface area (Å²) in [6.45, 7) is 0. The van der Waals surface area contributed by atoms with E-state index in [1.807, 2.05) is 4.72 Å². The lowest BCUT2D eigenvalue weighted by molar-refractivity contribution is 0.245. The van der Waals surface area contributed by atoms with Crippen LogP contribution in [0.5, 0.6) is 0 Å². The van der Waals surface area contributed by atoms with Crippen LogP contribution in [0.4, 0.5) is 10.5 Å². The Labute approximate surface area is 106 Å². The highest BCUT2D eigenvalue weighted by Gasteiger charge is 2.25. The molecule has 1 aromatic carbocycles. The van der Waals surface area contributed by atoms with Gasteiger partial charge in [0.05, 0.1) is 5.75 Å². The van der Waals surface area contributed by atoms with Gasteiger partial charge < -0.3 is 11.1 Å². The molecule has 1 aliphatic rings. The molecule has 7 heteroatoms. The Hall–Kier alpha value is -1.76. The number of hydrogen-bond donors (Lipinski definition) is 3. The van der Waals surface area contributed by atoms with E-state index in [2.05, 4.69) is 5.32 Å². The van der Waals surface area contributed by atoms with Crippen LogP contribution in [0.25, 0.3) is 0 Å². The first-order valence-electron chi connectivity index (χ1n) is 5.61. The van der Waals surface area contributed by atoms with Gasteiger partial charge in [0.1, 0.15) is 0 Å². The van der Waals surface area contributed by atoms with E-state index >= 15 is 0 Å². The Morgan fingerprint density at radius 3 is 2.61 bits per heavy atom. The van der Waals surface area contributed by atoms with Crippen molar-refractivity contribution in [2.24, 2.45) is 0 Å². The van der Waals surface area contributed by atoms with Crippen LogP contribution in [0.3, 0.4) is 0 Å². The summed E-state index contributed by atoms with van der Waals surface area (Å²) < 4.78 is 25.4. The van der Waals surface area contributed by atoms with Crippen molar-refractivity contribution in [3.8, 4) is 0 Å². The summed E-state index contributed by atoms with van der Waals surface area (Å²) in [6.07, 6.45) is 1.80. The van der Waals surface area contributed by atoms with E-state index in [4.69, 9.17) is 5.73 Å². The van der Waals surface area contributed by atoms with Crippen LogP contribution in [0.1, 0.15) is 18.4 Å². The number of rotatable bonds is 4. The maximum absolute atomic E-state index is 11.7. The average molecular weight is 269 g/mol. The molecule has 0 spiro atoms. The third-order valence-corrected chi connectivity index (χ3v) is 3.75. The number of carbonyl (C=O) groups excluding carboxylic acids is 1. The Balaban J connectivity index is 1.98. The van der Waals surface area contributed by atoms with Crippen LogP contribution >= 0.6 is 0 Å². The highest BCUT2D eigenvalue weighted by Crippen LogP contribution is 2.18. The molecule has 0 unspecified atom stereocenters. The summed E-state index contributed by atoms with van der Waals surface area (Å²) in [5.41, 5.74) is 6.53. The van der Waals surface area contributed by atoms with Gasteiger partial charge in [-0.3, -0.25) is 0 Å². The van der Waals surface area contributed by atoms with Crippen molar-refractivity contribution < 1.29 is 13.2 Å². The van der Waals surface area contributed by atoms with Crippen LogP contribution in [0.2, 0.25) is 0 Å². The van der Waals surface area contributed by atoms with Crippen molar-refractivity contribution in [1.82, 2.24) is 10.0 Å². The van der Waals surface area contributed by atoms with Crippen LogP contribution in [0.15, 0.2) is 24.3 Å². The number of amides is 2. The van der Waals surface area contributed by atoms with Gasteiger partial charge in [0.2, 0.25) is 10.0 Å². The fourth-order valence-corrected chi connectivity index (χ4v) is 2.58. The van der Waals surface area contributed by atoms with Gasteiger partial charge in [-0.15, -0.1) is 0 Å². The second kappa shape index (κ2) is 4.85. The topological polar surface area (TPSA) is 101 Å². The molecular weight excluding hydrogens is 254 g/mol. The lowest BCUT2D eigenvalue weighted by Gasteiger charge is -2.09. The smallest absolute Gasteiger partial charge is 0.328 e. The molecule has 18 heavy (non-hydrogen) atoms. The van der Waals surface area contributed by atoms with Crippen LogP contribution < -0.4 is 15.8 Å². The summed E-state index contributed by atoms with van der Waals surface area (Å²) in [6, 6.07) is 6.10. The van der Waals surface area contributed by atoms with Crippen LogP contribution in [-0.4, -0.2) is 20.5 Å². The van der Waals surface area contributed by atoms with Gasteiger partial charge in [-0.1, -0.05) is 18.2 Å². The highest BCUT2D eigenvalue weighted by molar-refractivity contribution is 7.89. The van der Waals surface area contributed by atoms with Gasteiger partial charge in [-0.05, 0) is 24.5 Å². The van der Waals surface area contributed by atoms with E-state index in [1.165, 1.54) is 0 Å². The molecule has 2 amide bonds. The largest absolute Gasteiger partial charge is 0.398 e. The molecule has 2 rings (SSSR count). The molecule has 0 bridgehead atoms. The SMILES string of the molecule is Nc1ccccc1CS(=O)(=O)NC(=O)NC1CC1. The number of nitrogens with one attached hydrogen (secondary N) is 2. The van der Waals surface area contributed by atoms with E-state index in [1.54, 1.807) is 24.3 Å². The van der Waals surface area contributed by atoms with Crippen LogP contribution in [0, 0.1) is 0 Å². The van der Waals surface area contributed by atoms with Crippen molar-refractivity contribution in [2.75, 3.05) is 5.73 Å². The molecule has 6 nitrogen and oxygen atoms in total. The number of sulfonamides is 1. The van der Waals surface area contributed by atoms with E-state index in [9.17, 15) is 13.2 Å². The first kappa shape index (κ1) is 12.7. The molecule has 98 valence electrons. The van der Waals surface area contributed by atoms with E-state index in [0.717, 1.165) is 12.8 Å². The summed E-state index contributed by atoms with van der Waals surface area (Å²) in [7, 11) is -3.72. The molecule has 1 fully saturated rings. The number of carbonyl (C=O) groups is 1. The van der Waals surface area contributed by atoms with Gasteiger partial charge in [0, 0.05) is 11.7 Å². The molecule has 0 atom stereocenters. The molecule has 0 saturated heterocycles. The molecule has 1 aromatic rings. The summed E-state index contributed by atoms with van der Waals surface area (Å²) >= 11 is 0. The number of para-hydroxylation sites is 1. The predicted molar refractivity (Wildman–Crippen MR) is 68.2 cm³/mol. The zero-order valence-corrected chi connectivity index (χ0v) is 10.5. The molecule has 0 aromatic heterocycles. The lowest BCUT2D eigenvalue weighted by Crippen LogP contribution is -2.40. The van der Waals surface area contributed by atoms with Crippen molar-refractivity contribution >= 4 is 21.7 Å². The summed E-state index contributed by atoms with van der Waals surface area (Å²) in [5.74, 6) is -0.308. The summed E-state index contributed by atoms with van der Waals surface area (Å²) in [4.78, 5) is 11.4. The molecular formula is C11H15N3O3S. The van der Waals surface area contributed by atoms with Crippen molar-refractivity contribution in [3.63, 3.8) is 0 Å². The quantitative estimate of drug-likeness (QED) is 0.695. The van der Waals surface area contributed by atoms with E-state index in [0.29, 0.717) is 11.3 Å². The van der Waals surface area contributed by atoms with Crippen LogP contribution in [-0.2, 0) is 15.8 Å². The predicted octanol–water partition coefficient (Wildman–Crippen LogP) is 0.560. The monoisotopic (exact) mass is 269 g/mol. The Kier molecular flexibility index (Phi) is 3.42. The Bertz CT molecular complexity index is 552. The van der Waals surface area contributed by atoms with Crippen molar-refractivity contribution in [1.29, 1.82) is 0 Å². The maximum Gasteiger partial charge on any atom is 0.328 e. The van der Waals surface area contributed by atoms with E-state index < -0.39 is 16.1 Å². The number of urea groups is 1. The number of hydrogen-bond acceptors (Lipinski definition) is 4. The normalized spacial score (nSPS) is 15.1. The minimum absolute atomic E-state index is 0.113. The number of nitrogens with two attached hydrogens (primary N) is 1. The number of nitrogen functional groups attached to an aromatic ring is 1. The van der Waals surface area contributed by atoms with Gasteiger partial charge in [0.25, 0.3) is 0 Å². The van der Waals surface area contributed by atoms with Gasteiger partial charge >= 0.3 is 6.03 Å². The molecule has 0 aliphatic heterocycles. The Morgan fingerprint density at radius 1 is 1.33 bits per heavy atom. The third-order valence-electron chi connectivity index (χ3n) is 2.56. The Morgan fingerprint density at radius 2 is 2.00 bits per heavy atom. The van der Waals surface area contributed by atoms with Gasteiger partial charge in [-0.25, -0.2) is 17.9 Å². The lowest BCUT2D eigenvalue weighted by atomic mass is 10.2. The molecule has 0 heterocycles. The van der Waals surface area contributed by atoms with Crippen molar-refractivity contribution in [3.05, 3.63) is 29.8 Å². The first-order valence-corrected chi connectivity index (χ1v) is 7.26. The zero-order valence-electron chi connectivity index (χ0n) is 9.72. The van der Waals surface area contributed by atoms with Crippen molar-refractivity contribution in [2.45, 2.75) is 24.6 Å². The minimum atomic E-state index is -3.72. The fraction of sp³-hybridized carbons (Fsp3) is 0.364. The highest BCUT2D eigenvalue weighted by atomic mass is 32.2. The fourth-order valence-electron chi connectivity index (χ4n) is 1.49. The average Bonchev–Trinajstić information content (AvgIpc) is 3.04. The molecule has 1 saturated carbocycles. The maximum atomic E-state index is 11.7. The van der Waals surface area contributed by atoms with E-state index in [-0.39, 0.29) is 11.8 Å². The molecule has 0 radical (unpaired) electrons.